The summed E-state index contributed by atoms with van der Waals surface area (Å²) >= 11 is 5.24. The lowest BCUT2D eigenvalue weighted by Crippen LogP contribution is -2.15. The molecule has 0 heterocycles. The Morgan fingerprint density at radius 1 is 1.36 bits per heavy atom. The predicted octanol–water partition coefficient (Wildman–Crippen LogP) is 2.03. The minimum Gasteiger partial charge on any atom is -0.394 e. The van der Waals surface area contributed by atoms with E-state index >= 15 is 0 Å². The fraction of sp³-hybridized carbons (Fsp3) is 0.250. The number of halogens is 4. The van der Waals surface area contributed by atoms with Crippen LogP contribution in [0.5, 0.6) is 0 Å². The molecule has 0 bridgehead atoms. The molecule has 1 atom stereocenters. The lowest BCUT2D eigenvalue weighted by atomic mass is 10.1. The monoisotopic (exact) mass is 243 g/mol. The van der Waals surface area contributed by atoms with E-state index in [0.29, 0.717) is 0 Å². The van der Waals surface area contributed by atoms with Gasteiger partial charge in [0.15, 0.2) is 0 Å². The Bertz CT molecular complexity index is 299. The minimum absolute atomic E-state index is 0. The standard InChI is InChI=1S/C8H8ClF2NO.ClH/c9-8-5(10)1-4(2-6(8)11)7(12)3-13;/h1-2,7,13H,3,12H2;1H/t7-;/m1./s1. The molecular weight excluding hydrogens is 235 g/mol. The van der Waals surface area contributed by atoms with Crippen LogP contribution in [0.3, 0.4) is 0 Å². The molecule has 0 aromatic heterocycles. The van der Waals surface area contributed by atoms with E-state index < -0.39 is 22.7 Å². The van der Waals surface area contributed by atoms with Crippen molar-refractivity contribution in [3.63, 3.8) is 0 Å². The molecule has 0 radical (unpaired) electrons. The summed E-state index contributed by atoms with van der Waals surface area (Å²) < 4.78 is 25.7. The second-order valence-corrected chi connectivity index (χ2v) is 2.97. The van der Waals surface area contributed by atoms with Crippen LogP contribution < -0.4 is 5.73 Å². The first kappa shape index (κ1) is 13.6. The van der Waals surface area contributed by atoms with Gasteiger partial charge >= 0.3 is 0 Å². The molecule has 6 heteroatoms. The van der Waals surface area contributed by atoms with Crippen LogP contribution >= 0.6 is 24.0 Å². The highest BCUT2D eigenvalue weighted by molar-refractivity contribution is 6.30. The number of benzene rings is 1. The molecule has 0 aliphatic rings. The Morgan fingerprint density at radius 3 is 2.14 bits per heavy atom. The zero-order valence-corrected chi connectivity index (χ0v) is 8.58. The molecular formula is C8H9Cl2F2NO. The average molecular weight is 244 g/mol. The Balaban J connectivity index is 0.00000169. The van der Waals surface area contributed by atoms with Gasteiger partial charge in [-0.05, 0) is 17.7 Å². The lowest BCUT2D eigenvalue weighted by Gasteiger charge is -2.09. The van der Waals surface area contributed by atoms with Crippen molar-refractivity contribution in [1.29, 1.82) is 0 Å². The van der Waals surface area contributed by atoms with Crippen LogP contribution in [0.25, 0.3) is 0 Å². The summed E-state index contributed by atoms with van der Waals surface area (Å²) in [6.45, 7) is -0.374. The molecule has 0 saturated carbocycles. The third-order valence-corrected chi connectivity index (χ3v) is 1.99. The van der Waals surface area contributed by atoms with Crippen molar-refractivity contribution in [3.8, 4) is 0 Å². The molecule has 0 aliphatic heterocycles. The fourth-order valence-corrected chi connectivity index (χ4v) is 1.00. The molecule has 0 fully saturated rings. The van der Waals surface area contributed by atoms with Gasteiger partial charge < -0.3 is 10.8 Å². The number of nitrogens with two attached hydrogens (primary N) is 1. The van der Waals surface area contributed by atoms with Crippen LogP contribution in [0.15, 0.2) is 12.1 Å². The summed E-state index contributed by atoms with van der Waals surface area (Å²) in [5.41, 5.74) is 5.54. The summed E-state index contributed by atoms with van der Waals surface area (Å²) in [5.74, 6) is -1.75. The Labute approximate surface area is 91.1 Å². The van der Waals surface area contributed by atoms with Gasteiger partial charge in [0.1, 0.15) is 16.7 Å². The number of aliphatic hydroxyl groups excluding tert-OH is 1. The smallest absolute Gasteiger partial charge is 0.145 e. The quantitative estimate of drug-likeness (QED) is 0.782. The van der Waals surface area contributed by atoms with Gasteiger partial charge in [0.25, 0.3) is 0 Å². The van der Waals surface area contributed by atoms with Gasteiger partial charge in [0.05, 0.1) is 12.6 Å². The number of rotatable bonds is 2. The first-order valence-electron chi connectivity index (χ1n) is 3.57. The van der Waals surface area contributed by atoms with Crippen LogP contribution in [-0.2, 0) is 0 Å². The van der Waals surface area contributed by atoms with E-state index in [1.807, 2.05) is 0 Å². The number of aliphatic hydroxyl groups is 1. The predicted molar refractivity (Wildman–Crippen MR) is 52.6 cm³/mol. The molecule has 0 unspecified atom stereocenters. The lowest BCUT2D eigenvalue weighted by molar-refractivity contribution is 0.267. The van der Waals surface area contributed by atoms with Gasteiger partial charge in [-0.2, -0.15) is 0 Å². The van der Waals surface area contributed by atoms with Gasteiger partial charge in [-0.15, -0.1) is 12.4 Å². The highest BCUT2D eigenvalue weighted by Crippen LogP contribution is 2.22. The van der Waals surface area contributed by atoms with E-state index in [1.165, 1.54) is 0 Å². The average Bonchev–Trinajstić information content (AvgIpc) is 2.12. The molecule has 3 N–H and O–H groups in total. The Kier molecular flexibility index (Phi) is 5.29. The summed E-state index contributed by atoms with van der Waals surface area (Å²) in [6.07, 6.45) is 0. The van der Waals surface area contributed by atoms with E-state index in [1.54, 1.807) is 0 Å². The zero-order valence-electron chi connectivity index (χ0n) is 7.01. The van der Waals surface area contributed by atoms with Crippen LogP contribution in [0.4, 0.5) is 8.78 Å². The Hall–Kier alpha value is -0.420. The topological polar surface area (TPSA) is 46.2 Å². The summed E-state index contributed by atoms with van der Waals surface area (Å²) in [7, 11) is 0. The van der Waals surface area contributed by atoms with Crippen LogP contribution in [0, 0.1) is 11.6 Å². The molecule has 1 rings (SSSR count). The van der Waals surface area contributed by atoms with Gasteiger partial charge in [-0.3, -0.25) is 0 Å². The van der Waals surface area contributed by atoms with E-state index in [0.717, 1.165) is 12.1 Å². The second kappa shape index (κ2) is 5.46. The molecule has 1 aromatic rings. The van der Waals surface area contributed by atoms with Crippen molar-refractivity contribution in [2.45, 2.75) is 6.04 Å². The van der Waals surface area contributed by atoms with E-state index in [-0.39, 0.29) is 24.6 Å². The van der Waals surface area contributed by atoms with E-state index in [9.17, 15) is 8.78 Å². The Morgan fingerprint density at radius 2 is 1.79 bits per heavy atom. The normalized spacial score (nSPS) is 12.1. The molecule has 0 spiro atoms. The minimum atomic E-state index is -0.874. The number of hydrogen-bond donors (Lipinski definition) is 2. The van der Waals surface area contributed by atoms with Gasteiger partial charge in [-0.25, -0.2) is 8.78 Å². The van der Waals surface area contributed by atoms with Crippen molar-refractivity contribution >= 4 is 24.0 Å². The molecule has 1 aromatic carbocycles. The van der Waals surface area contributed by atoms with E-state index in [4.69, 9.17) is 22.4 Å². The maximum absolute atomic E-state index is 12.8. The van der Waals surface area contributed by atoms with Crippen molar-refractivity contribution in [1.82, 2.24) is 0 Å². The summed E-state index contributed by atoms with van der Waals surface area (Å²) in [6, 6.07) is 1.22. The molecule has 14 heavy (non-hydrogen) atoms. The SMILES string of the molecule is Cl.N[C@H](CO)c1cc(F)c(Cl)c(F)c1. The summed E-state index contributed by atoms with van der Waals surface area (Å²) in [5, 5.41) is 8.08. The third-order valence-electron chi connectivity index (χ3n) is 1.63. The van der Waals surface area contributed by atoms with Crippen LogP contribution in [0.1, 0.15) is 11.6 Å². The van der Waals surface area contributed by atoms with Gasteiger partial charge in [-0.1, -0.05) is 11.6 Å². The van der Waals surface area contributed by atoms with Crippen LogP contribution in [0.2, 0.25) is 5.02 Å². The maximum Gasteiger partial charge on any atom is 0.145 e. The summed E-state index contributed by atoms with van der Waals surface area (Å²) in [4.78, 5) is 0. The van der Waals surface area contributed by atoms with Crippen molar-refractivity contribution in [2.75, 3.05) is 6.61 Å². The van der Waals surface area contributed by atoms with Crippen molar-refractivity contribution in [2.24, 2.45) is 5.73 Å². The fourth-order valence-electron chi connectivity index (χ4n) is 0.895. The van der Waals surface area contributed by atoms with E-state index in [2.05, 4.69) is 0 Å². The maximum atomic E-state index is 12.8. The van der Waals surface area contributed by atoms with Gasteiger partial charge in [0.2, 0.25) is 0 Å². The number of hydrogen-bond acceptors (Lipinski definition) is 2. The highest BCUT2D eigenvalue weighted by Gasteiger charge is 2.12. The van der Waals surface area contributed by atoms with Crippen LogP contribution in [-0.4, -0.2) is 11.7 Å². The molecule has 80 valence electrons. The zero-order chi connectivity index (χ0) is 10.0. The molecule has 0 amide bonds. The van der Waals surface area contributed by atoms with Gasteiger partial charge in [0, 0.05) is 0 Å². The largest absolute Gasteiger partial charge is 0.394 e. The van der Waals surface area contributed by atoms with Crippen molar-refractivity contribution < 1.29 is 13.9 Å². The highest BCUT2D eigenvalue weighted by atomic mass is 35.5. The molecule has 0 saturated heterocycles. The van der Waals surface area contributed by atoms with Crippen molar-refractivity contribution in [3.05, 3.63) is 34.4 Å². The molecule has 2 nitrogen and oxygen atoms in total. The third kappa shape index (κ3) is 2.78. The molecule has 0 aliphatic carbocycles. The second-order valence-electron chi connectivity index (χ2n) is 2.59. The first-order chi connectivity index (χ1) is 6.06. The first-order valence-corrected chi connectivity index (χ1v) is 3.95.